The van der Waals surface area contributed by atoms with Crippen LogP contribution in [0.25, 0.3) is 0 Å². The van der Waals surface area contributed by atoms with Crippen molar-refractivity contribution in [2.75, 3.05) is 31.3 Å². The first kappa shape index (κ1) is 32.4. The average molecular weight is 646 g/mol. The van der Waals surface area contributed by atoms with Gasteiger partial charge in [-0.1, -0.05) is 72.3 Å². The quantitative estimate of drug-likeness (QED) is 0.168. The van der Waals surface area contributed by atoms with Gasteiger partial charge in [0.15, 0.2) is 0 Å². The molecule has 2 aromatic carbocycles. The number of amides is 2. The lowest BCUT2D eigenvalue weighted by molar-refractivity contribution is -0.118. The van der Waals surface area contributed by atoms with Crippen LogP contribution in [0.1, 0.15) is 29.2 Å². The van der Waals surface area contributed by atoms with Crippen molar-refractivity contribution in [1.29, 1.82) is 0 Å². The molecule has 9 nitrogen and oxygen atoms in total. The van der Waals surface area contributed by atoms with Gasteiger partial charge in [-0.15, -0.1) is 11.8 Å². The number of aryl methyl sites for hydroxylation is 1. The molecule has 3 heterocycles. The van der Waals surface area contributed by atoms with E-state index in [4.69, 9.17) is 21.1 Å². The van der Waals surface area contributed by atoms with Crippen molar-refractivity contribution in [3.8, 4) is 0 Å². The third kappa shape index (κ3) is 9.04. The Balaban J connectivity index is 1.28. The Labute approximate surface area is 272 Å². The molecule has 45 heavy (non-hydrogen) atoms. The van der Waals surface area contributed by atoms with Gasteiger partial charge in [-0.05, 0) is 48.2 Å². The molecule has 5 rings (SSSR count). The van der Waals surface area contributed by atoms with Gasteiger partial charge in [-0.2, -0.15) is 0 Å². The van der Waals surface area contributed by atoms with E-state index in [0.29, 0.717) is 23.6 Å². The van der Waals surface area contributed by atoms with E-state index in [0.717, 1.165) is 40.7 Å². The van der Waals surface area contributed by atoms with Gasteiger partial charge in [0, 0.05) is 37.2 Å². The van der Waals surface area contributed by atoms with E-state index in [1.165, 1.54) is 7.11 Å². The number of hydrogen-bond donors (Lipinski definition) is 3. The number of benzene rings is 2. The maximum Gasteiger partial charge on any atom is 0.407 e. The first-order valence-electron chi connectivity index (χ1n) is 14.8. The van der Waals surface area contributed by atoms with Crippen LogP contribution in [0.15, 0.2) is 102 Å². The molecule has 0 radical (unpaired) electrons. The van der Waals surface area contributed by atoms with E-state index < -0.39 is 18.1 Å². The topological polar surface area (TPSA) is 114 Å². The van der Waals surface area contributed by atoms with Crippen LogP contribution in [0.2, 0.25) is 5.02 Å². The lowest BCUT2D eigenvalue weighted by Gasteiger charge is -2.31. The SMILES string of the molecule is COC(=O)NC(C(=O)Nc1cccnc1CC[C@@H]1CNC[C@@H](CSc2ncccc2Cl)O1)C(c1ccccc1)c1ccccc1. The molecule has 0 spiro atoms. The lowest BCUT2D eigenvalue weighted by atomic mass is 9.84. The minimum Gasteiger partial charge on any atom is -0.453 e. The molecular formula is C34H36ClN5O4S. The number of nitrogens with zero attached hydrogens (tertiary/aromatic N) is 2. The van der Waals surface area contributed by atoms with E-state index in [9.17, 15) is 9.59 Å². The summed E-state index contributed by atoms with van der Waals surface area (Å²) in [4.78, 5) is 35.4. The highest BCUT2D eigenvalue weighted by atomic mass is 35.5. The largest absolute Gasteiger partial charge is 0.453 e. The number of methoxy groups -OCH3 is 1. The van der Waals surface area contributed by atoms with Gasteiger partial charge < -0.3 is 25.4 Å². The number of carbonyl (C=O) groups is 2. The van der Waals surface area contributed by atoms with E-state index in [1.54, 1.807) is 30.2 Å². The smallest absolute Gasteiger partial charge is 0.407 e. The second-order valence-electron chi connectivity index (χ2n) is 10.6. The standard InChI is InChI=1S/C34H36ClN5O4S/c1-43-34(42)40-31(30(23-10-4-2-5-11-23)24-12-6-3-7-13-24)32(41)39-29-15-9-18-37-28(29)17-16-25-20-36-21-26(44-25)22-45-33-27(35)14-8-19-38-33/h2-15,18-19,25-26,30-31,36H,16-17,20-22H2,1H3,(H,39,41)(H,40,42)/t25-,26+,31?/m1/s1. The molecular weight excluding hydrogens is 610 g/mol. The van der Waals surface area contributed by atoms with Crippen LogP contribution in [0.3, 0.4) is 0 Å². The van der Waals surface area contributed by atoms with E-state index in [-0.39, 0.29) is 18.1 Å². The number of halogens is 1. The summed E-state index contributed by atoms with van der Waals surface area (Å²) in [5.74, 6) is -0.124. The van der Waals surface area contributed by atoms with Crippen LogP contribution in [0.5, 0.6) is 0 Å². The number of thioether (sulfide) groups is 1. The number of aromatic nitrogens is 2. The number of ether oxygens (including phenoxy) is 2. The molecule has 1 fully saturated rings. The highest BCUT2D eigenvalue weighted by molar-refractivity contribution is 7.99. The highest BCUT2D eigenvalue weighted by Crippen LogP contribution is 2.30. The molecule has 1 aliphatic rings. The number of alkyl carbamates (subject to hydrolysis) is 1. The van der Waals surface area contributed by atoms with Crippen molar-refractivity contribution >= 4 is 41.1 Å². The van der Waals surface area contributed by atoms with Crippen molar-refractivity contribution in [3.63, 3.8) is 0 Å². The summed E-state index contributed by atoms with van der Waals surface area (Å²) in [6.07, 6.45) is 4.03. The first-order valence-corrected chi connectivity index (χ1v) is 16.2. The fourth-order valence-electron chi connectivity index (χ4n) is 5.33. The molecule has 0 bridgehead atoms. The maximum atomic E-state index is 14.0. The number of anilines is 1. The van der Waals surface area contributed by atoms with Crippen molar-refractivity contribution in [2.24, 2.45) is 0 Å². The Morgan fingerprint density at radius 3 is 2.31 bits per heavy atom. The molecule has 0 aliphatic carbocycles. The molecule has 11 heteroatoms. The van der Waals surface area contributed by atoms with Crippen LogP contribution in [-0.2, 0) is 20.7 Å². The van der Waals surface area contributed by atoms with Crippen molar-refractivity contribution in [3.05, 3.63) is 119 Å². The van der Waals surface area contributed by atoms with Gasteiger partial charge in [-0.3, -0.25) is 9.78 Å². The first-order chi connectivity index (χ1) is 22.0. The Bertz CT molecular complexity index is 1510. The Hall–Kier alpha value is -3.96. The fraction of sp³-hybridized carbons (Fsp3) is 0.294. The normalized spacial score (nSPS) is 17.0. The fourth-order valence-corrected chi connectivity index (χ4v) is 6.50. The number of pyridine rings is 2. The molecule has 1 saturated heterocycles. The lowest BCUT2D eigenvalue weighted by Crippen LogP contribution is -2.48. The highest BCUT2D eigenvalue weighted by Gasteiger charge is 2.33. The zero-order valence-electron chi connectivity index (χ0n) is 24.9. The molecule has 234 valence electrons. The van der Waals surface area contributed by atoms with Crippen LogP contribution in [0.4, 0.5) is 10.5 Å². The van der Waals surface area contributed by atoms with E-state index >= 15 is 0 Å². The second-order valence-corrected chi connectivity index (χ2v) is 12.0. The monoisotopic (exact) mass is 645 g/mol. The number of morpholine rings is 1. The number of hydrogen-bond acceptors (Lipinski definition) is 8. The second kappa shape index (κ2) is 16.4. The van der Waals surface area contributed by atoms with E-state index in [1.807, 2.05) is 78.9 Å². The molecule has 3 atom stereocenters. The summed E-state index contributed by atoms with van der Waals surface area (Å²) in [5.41, 5.74) is 3.08. The Morgan fingerprint density at radius 1 is 0.956 bits per heavy atom. The third-order valence-electron chi connectivity index (χ3n) is 7.50. The third-order valence-corrected chi connectivity index (χ3v) is 9.06. The van der Waals surface area contributed by atoms with Crippen LogP contribution >= 0.6 is 23.4 Å². The van der Waals surface area contributed by atoms with Gasteiger partial charge in [0.1, 0.15) is 11.1 Å². The molecule has 2 amide bonds. The summed E-state index contributed by atoms with van der Waals surface area (Å²) >= 11 is 7.85. The minimum atomic E-state index is -0.966. The van der Waals surface area contributed by atoms with Gasteiger partial charge in [0.2, 0.25) is 5.91 Å². The van der Waals surface area contributed by atoms with Crippen molar-refractivity contribution in [1.82, 2.24) is 20.6 Å². The van der Waals surface area contributed by atoms with E-state index in [2.05, 4.69) is 25.9 Å². The maximum absolute atomic E-state index is 14.0. The predicted octanol–water partition coefficient (Wildman–Crippen LogP) is 5.71. The Morgan fingerprint density at radius 2 is 1.62 bits per heavy atom. The summed E-state index contributed by atoms with van der Waals surface area (Å²) in [6.45, 7) is 1.47. The predicted molar refractivity (Wildman–Crippen MR) is 177 cm³/mol. The number of carbonyl (C=O) groups excluding carboxylic acids is 2. The van der Waals surface area contributed by atoms with Gasteiger partial charge in [0.05, 0.1) is 35.7 Å². The van der Waals surface area contributed by atoms with Gasteiger partial charge in [0.25, 0.3) is 0 Å². The Kier molecular flexibility index (Phi) is 11.8. The molecule has 3 N–H and O–H groups in total. The average Bonchev–Trinajstić information content (AvgIpc) is 3.08. The number of nitrogens with one attached hydrogen (secondary N) is 3. The van der Waals surface area contributed by atoms with Gasteiger partial charge >= 0.3 is 6.09 Å². The zero-order valence-corrected chi connectivity index (χ0v) is 26.5. The summed E-state index contributed by atoms with van der Waals surface area (Å²) in [6, 6.07) is 25.6. The number of rotatable bonds is 12. The molecule has 4 aromatic rings. The zero-order chi connectivity index (χ0) is 31.4. The van der Waals surface area contributed by atoms with Crippen LogP contribution in [0, 0.1) is 0 Å². The van der Waals surface area contributed by atoms with Crippen LogP contribution in [-0.4, -0.2) is 66.2 Å². The summed E-state index contributed by atoms with van der Waals surface area (Å²) in [7, 11) is 1.28. The summed E-state index contributed by atoms with van der Waals surface area (Å²) in [5, 5.41) is 10.7. The summed E-state index contributed by atoms with van der Waals surface area (Å²) < 4.78 is 11.3. The van der Waals surface area contributed by atoms with Crippen LogP contribution < -0.4 is 16.0 Å². The van der Waals surface area contributed by atoms with Crippen molar-refractivity contribution < 1.29 is 19.1 Å². The van der Waals surface area contributed by atoms with Crippen molar-refractivity contribution in [2.45, 2.75) is 42.0 Å². The van der Waals surface area contributed by atoms with Gasteiger partial charge in [-0.25, -0.2) is 9.78 Å². The molecule has 0 saturated carbocycles. The molecule has 1 unspecified atom stereocenters. The minimum absolute atomic E-state index is 0.00721. The molecule has 1 aliphatic heterocycles. The molecule has 2 aromatic heterocycles.